The summed E-state index contributed by atoms with van der Waals surface area (Å²) in [6.45, 7) is 0. The summed E-state index contributed by atoms with van der Waals surface area (Å²) in [6, 6.07) is 114. The van der Waals surface area contributed by atoms with Crippen molar-refractivity contribution in [3.05, 3.63) is 315 Å². The number of nitrogens with zero attached hydrogens (tertiary/aromatic N) is 2. The van der Waals surface area contributed by atoms with Gasteiger partial charge in [0, 0.05) is 34.1 Å². The van der Waals surface area contributed by atoms with E-state index < -0.39 is 0 Å². The minimum absolute atomic E-state index is 1.07. The van der Waals surface area contributed by atoms with Crippen molar-refractivity contribution in [2.75, 3.05) is 9.80 Å². The second kappa shape index (κ2) is 20.9. The molecular weight excluding hydrogens is 893 g/mol. The number of rotatable bonds is 13. The lowest BCUT2D eigenvalue weighted by atomic mass is 9.93. The second-order valence-electron chi connectivity index (χ2n) is 18.6. The van der Waals surface area contributed by atoms with E-state index in [0.29, 0.717) is 0 Å². The van der Waals surface area contributed by atoms with E-state index in [1.54, 1.807) is 0 Å². The lowest BCUT2D eigenvalue weighted by Gasteiger charge is -2.28. The van der Waals surface area contributed by atoms with Crippen LogP contribution >= 0.6 is 0 Å². The van der Waals surface area contributed by atoms with Gasteiger partial charge in [-0.05, 0) is 157 Å². The molecule has 0 aliphatic carbocycles. The monoisotopic (exact) mass is 944 g/mol. The van der Waals surface area contributed by atoms with Gasteiger partial charge in [-0.15, -0.1) is 0 Å². The number of benzene rings is 12. The molecule has 0 bridgehead atoms. The van der Waals surface area contributed by atoms with Crippen molar-refractivity contribution in [2.45, 2.75) is 0 Å². The summed E-state index contributed by atoms with van der Waals surface area (Å²) in [5, 5.41) is 0. The summed E-state index contributed by atoms with van der Waals surface area (Å²) in [4.78, 5) is 4.76. The van der Waals surface area contributed by atoms with Crippen molar-refractivity contribution >= 4 is 34.1 Å². The van der Waals surface area contributed by atoms with Gasteiger partial charge in [0.1, 0.15) is 0 Å². The van der Waals surface area contributed by atoms with Crippen molar-refractivity contribution in [1.82, 2.24) is 0 Å². The predicted octanol–water partition coefficient (Wildman–Crippen LogP) is 20.3. The molecule has 0 unspecified atom stereocenters. The van der Waals surface area contributed by atoms with Crippen molar-refractivity contribution in [1.29, 1.82) is 0 Å². The Labute approximate surface area is 435 Å². The molecule has 0 heterocycles. The highest BCUT2D eigenvalue weighted by molar-refractivity contribution is 5.90. The number of hydrogen-bond donors (Lipinski definition) is 0. The smallest absolute Gasteiger partial charge is 0.0473 e. The van der Waals surface area contributed by atoms with Crippen molar-refractivity contribution < 1.29 is 0 Å². The SMILES string of the molecule is c1ccc(-c2ccc(N(c3ccc(-c4ccc(N(c5ccc(-c6ccccc6)cc5)c5ccc(-c6ccccc6)c(-c6ccccc6)c5)cc4)cc3)c3cc(-c4ccccc4)cc(-c4ccccc4)c3)cc2)cc1. The molecule has 0 N–H and O–H groups in total. The first-order valence-corrected chi connectivity index (χ1v) is 25.3. The Morgan fingerprint density at radius 3 is 0.703 bits per heavy atom. The van der Waals surface area contributed by atoms with Gasteiger partial charge in [-0.2, -0.15) is 0 Å². The molecule has 350 valence electrons. The van der Waals surface area contributed by atoms with Gasteiger partial charge in [-0.3, -0.25) is 0 Å². The van der Waals surface area contributed by atoms with Gasteiger partial charge in [-0.25, -0.2) is 0 Å². The zero-order valence-corrected chi connectivity index (χ0v) is 40.9. The minimum atomic E-state index is 1.07. The molecule has 2 nitrogen and oxygen atoms in total. The van der Waals surface area contributed by atoms with Gasteiger partial charge >= 0.3 is 0 Å². The lowest BCUT2D eigenvalue weighted by Crippen LogP contribution is -2.10. The Morgan fingerprint density at radius 2 is 0.378 bits per heavy atom. The van der Waals surface area contributed by atoms with E-state index in [4.69, 9.17) is 0 Å². The quantitative estimate of drug-likeness (QED) is 0.114. The van der Waals surface area contributed by atoms with Crippen LogP contribution in [0.2, 0.25) is 0 Å². The first-order valence-electron chi connectivity index (χ1n) is 25.3. The zero-order valence-electron chi connectivity index (χ0n) is 40.9. The summed E-state index contributed by atoms with van der Waals surface area (Å²) in [5.41, 5.74) is 22.9. The predicted molar refractivity (Wildman–Crippen MR) is 314 cm³/mol. The van der Waals surface area contributed by atoms with Crippen LogP contribution in [-0.2, 0) is 0 Å². The summed E-state index contributed by atoms with van der Waals surface area (Å²) in [7, 11) is 0. The van der Waals surface area contributed by atoms with E-state index in [-0.39, 0.29) is 0 Å². The topological polar surface area (TPSA) is 6.48 Å². The minimum Gasteiger partial charge on any atom is -0.310 e. The summed E-state index contributed by atoms with van der Waals surface area (Å²) in [5.74, 6) is 0. The number of hydrogen-bond acceptors (Lipinski definition) is 2. The van der Waals surface area contributed by atoms with E-state index in [2.05, 4.69) is 325 Å². The highest BCUT2D eigenvalue weighted by Gasteiger charge is 2.19. The van der Waals surface area contributed by atoms with Gasteiger partial charge in [0.25, 0.3) is 0 Å². The van der Waals surface area contributed by atoms with E-state index in [0.717, 1.165) is 56.4 Å². The molecule has 74 heavy (non-hydrogen) atoms. The van der Waals surface area contributed by atoms with Crippen LogP contribution < -0.4 is 9.80 Å². The second-order valence-corrected chi connectivity index (χ2v) is 18.6. The van der Waals surface area contributed by atoms with Crippen LogP contribution in [0.3, 0.4) is 0 Å². The van der Waals surface area contributed by atoms with E-state index in [9.17, 15) is 0 Å². The molecule has 12 aromatic carbocycles. The fourth-order valence-electron chi connectivity index (χ4n) is 10.1. The molecule has 12 aromatic rings. The highest BCUT2D eigenvalue weighted by atomic mass is 15.1. The van der Waals surface area contributed by atoms with Crippen LogP contribution in [0.25, 0.3) is 77.9 Å². The van der Waals surface area contributed by atoms with Crippen LogP contribution in [0.4, 0.5) is 34.1 Å². The Bertz CT molecular complexity index is 3690. The Balaban J connectivity index is 0.927. The molecule has 0 aliphatic heterocycles. The molecule has 0 fully saturated rings. The van der Waals surface area contributed by atoms with Crippen molar-refractivity contribution in [2.24, 2.45) is 0 Å². The van der Waals surface area contributed by atoms with E-state index in [1.807, 2.05) is 0 Å². The molecule has 0 aliphatic rings. The molecule has 0 atom stereocenters. The van der Waals surface area contributed by atoms with Gasteiger partial charge in [0.2, 0.25) is 0 Å². The normalized spacial score (nSPS) is 11.0. The molecular formula is C72H52N2. The molecule has 2 heteroatoms. The first-order chi connectivity index (χ1) is 36.7. The first kappa shape index (κ1) is 45.4. The Kier molecular flexibility index (Phi) is 12.8. The molecule has 12 rings (SSSR count). The standard InChI is InChI=1S/C72H52N2/c1-7-19-53(20-8-1)57-31-39-65(40-32-57)73(69-47-48-71(61-27-15-5-16-28-61)72(52-69)62-29-17-6-18-30-62)66-41-35-59(36-42-66)60-37-45-68(46-38-60)74(67-43-33-58(34-44-67)54-21-9-2-10-22-54)70-50-63(55-23-11-3-12-24-55)49-64(51-70)56-25-13-4-14-26-56/h1-52H. The number of anilines is 6. The Hall–Kier alpha value is -9.76. The Morgan fingerprint density at radius 1 is 0.135 bits per heavy atom. The maximum Gasteiger partial charge on any atom is 0.0473 e. The fraction of sp³-hybridized carbons (Fsp3) is 0. The van der Waals surface area contributed by atoms with Gasteiger partial charge < -0.3 is 9.80 Å². The summed E-state index contributed by atoms with van der Waals surface area (Å²) < 4.78 is 0. The highest BCUT2D eigenvalue weighted by Crippen LogP contribution is 2.44. The van der Waals surface area contributed by atoms with Crippen LogP contribution in [0, 0.1) is 0 Å². The van der Waals surface area contributed by atoms with E-state index in [1.165, 1.54) is 55.6 Å². The third-order valence-corrected chi connectivity index (χ3v) is 13.9. The van der Waals surface area contributed by atoms with Crippen LogP contribution in [0.15, 0.2) is 315 Å². The molecule has 0 saturated heterocycles. The lowest BCUT2D eigenvalue weighted by molar-refractivity contribution is 1.28. The van der Waals surface area contributed by atoms with Crippen molar-refractivity contribution in [3.63, 3.8) is 0 Å². The summed E-state index contributed by atoms with van der Waals surface area (Å²) in [6.07, 6.45) is 0. The van der Waals surface area contributed by atoms with Crippen molar-refractivity contribution in [3.8, 4) is 77.9 Å². The van der Waals surface area contributed by atoms with E-state index >= 15 is 0 Å². The van der Waals surface area contributed by atoms with Crippen LogP contribution in [0.5, 0.6) is 0 Å². The third kappa shape index (κ3) is 9.69. The van der Waals surface area contributed by atoms with Gasteiger partial charge in [-0.1, -0.05) is 237 Å². The molecule has 0 aromatic heterocycles. The largest absolute Gasteiger partial charge is 0.310 e. The van der Waals surface area contributed by atoms with Crippen LogP contribution in [-0.4, -0.2) is 0 Å². The molecule has 0 radical (unpaired) electrons. The average molecular weight is 945 g/mol. The zero-order chi connectivity index (χ0) is 49.5. The van der Waals surface area contributed by atoms with Gasteiger partial charge in [0.05, 0.1) is 0 Å². The molecule has 0 spiro atoms. The van der Waals surface area contributed by atoms with Gasteiger partial charge in [0.15, 0.2) is 0 Å². The summed E-state index contributed by atoms with van der Waals surface area (Å²) >= 11 is 0. The third-order valence-electron chi connectivity index (χ3n) is 13.9. The maximum absolute atomic E-state index is 2.38. The van der Waals surface area contributed by atoms with Crippen LogP contribution in [0.1, 0.15) is 0 Å². The molecule has 0 amide bonds. The maximum atomic E-state index is 2.38. The average Bonchev–Trinajstić information content (AvgIpc) is 3.49. The fourth-order valence-corrected chi connectivity index (χ4v) is 10.1. The molecule has 0 saturated carbocycles.